The number of aromatic hydroxyl groups is 2. The van der Waals surface area contributed by atoms with E-state index in [1.54, 1.807) is 6.92 Å². The molecular weight excluding hydrogens is 748 g/mol. The van der Waals surface area contributed by atoms with Crippen LogP contribution >= 0.6 is 15.9 Å². The molecule has 0 aromatic heterocycles. The maximum Gasteiger partial charge on any atom is 0.356 e. The molecule has 15 heteroatoms. The zero-order valence-electron chi connectivity index (χ0n) is 29.6. The minimum atomic E-state index is -2.46. The number of aliphatic hydroxyl groups is 1. The summed E-state index contributed by atoms with van der Waals surface area (Å²) in [6, 6.07) is 2.57. The van der Waals surface area contributed by atoms with Gasteiger partial charge in [-0.15, -0.1) is 0 Å². The van der Waals surface area contributed by atoms with Gasteiger partial charge in [0.1, 0.15) is 51.2 Å². The van der Waals surface area contributed by atoms with Gasteiger partial charge in [-0.25, -0.2) is 19.2 Å². The average Bonchev–Trinajstić information content (AvgIpc) is 3.07. The lowest BCUT2D eigenvalue weighted by Gasteiger charge is -2.30. The van der Waals surface area contributed by atoms with Gasteiger partial charge in [0, 0.05) is 23.3 Å². The molecule has 1 aliphatic rings. The lowest BCUT2D eigenvalue weighted by atomic mass is 9.87. The van der Waals surface area contributed by atoms with Gasteiger partial charge in [0.25, 0.3) is 0 Å². The van der Waals surface area contributed by atoms with Crippen LogP contribution in [-0.2, 0) is 14.3 Å². The smallest absolute Gasteiger partial charge is 0.356 e. The quantitative estimate of drug-likeness (QED) is 0.155. The summed E-state index contributed by atoms with van der Waals surface area (Å²) < 4.78 is 27.0. The van der Waals surface area contributed by atoms with Crippen LogP contribution in [0.3, 0.4) is 0 Å². The first-order valence-electron chi connectivity index (χ1n) is 15.4. The van der Waals surface area contributed by atoms with E-state index in [1.165, 1.54) is 67.9 Å². The number of methoxy groups -OCH3 is 2. The largest absolute Gasteiger partial charge is 0.507 e. The Morgan fingerprint density at radius 1 is 0.673 bits per heavy atom. The fourth-order valence-electron chi connectivity index (χ4n) is 5.63. The molecule has 4 rings (SSSR count). The van der Waals surface area contributed by atoms with E-state index in [0.717, 1.165) is 12.2 Å². The van der Waals surface area contributed by atoms with E-state index in [4.69, 9.17) is 23.7 Å². The van der Waals surface area contributed by atoms with Crippen LogP contribution in [0.4, 0.5) is 0 Å². The number of rotatable bonds is 9. The molecule has 1 aliphatic carbocycles. The van der Waals surface area contributed by atoms with Gasteiger partial charge in [-0.3, -0.25) is 4.79 Å². The van der Waals surface area contributed by atoms with Crippen LogP contribution in [-0.4, -0.2) is 69.9 Å². The topological polar surface area (TPSA) is 212 Å². The molecule has 274 valence electrons. The minimum Gasteiger partial charge on any atom is -0.507 e. The molecule has 0 saturated carbocycles. The summed E-state index contributed by atoms with van der Waals surface area (Å²) in [7, 11) is 2.44. The molecule has 0 radical (unpaired) electrons. The molecule has 0 spiro atoms. The second kappa shape index (κ2) is 14.5. The molecule has 52 heavy (non-hydrogen) atoms. The van der Waals surface area contributed by atoms with Crippen LogP contribution in [0.2, 0.25) is 0 Å². The molecule has 0 heterocycles. The standard InChI is InChI=1S/C37H35BrO14/c1-14-10-22(18(5)30(40)26(14)34(44)51-23-13-24(48-8)27(33(42)43)17(4)16(23)3)50-35(45)28-19(6)29(38)32(20(7)31(28)41)52-36(46)37(47)15(2)11-21(39)12-25(37)49-9/h10-13,40-41,47H,1-9H3,(H,42,43)/t37-/m1/s1. The molecule has 0 saturated heterocycles. The molecule has 0 unspecified atom stereocenters. The molecule has 3 aromatic rings. The highest BCUT2D eigenvalue weighted by Gasteiger charge is 2.48. The Kier molecular flexibility index (Phi) is 10.9. The summed E-state index contributed by atoms with van der Waals surface area (Å²) in [6.45, 7) is 10.1. The number of carboxylic acids is 1. The highest BCUT2D eigenvalue weighted by Crippen LogP contribution is 2.44. The number of hydrogen-bond acceptors (Lipinski definition) is 13. The molecule has 0 bridgehead atoms. The third kappa shape index (κ3) is 6.60. The fourth-order valence-corrected chi connectivity index (χ4v) is 6.21. The highest BCUT2D eigenvalue weighted by molar-refractivity contribution is 9.10. The summed E-state index contributed by atoms with van der Waals surface area (Å²) in [5.74, 6) is -7.02. The number of ether oxygens (including phenoxy) is 5. The minimum absolute atomic E-state index is 0.00235. The third-order valence-electron chi connectivity index (χ3n) is 8.87. The zero-order valence-corrected chi connectivity index (χ0v) is 31.1. The number of halogens is 1. The van der Waals surface area contributed by atoms with Crippen molar-refractivity contribution in [2.75, 3.05) is 14.2 Å². The number of esters is 3. The molecule has 14 nitrogen and oxygen atoms in total. The van der Waals surface area contributed by atoms with E-state index in [9.17, 15) is 44.4 Å². The third-order valence-corrected chi connectivity index (χ3v) is 9.83. The monoisotopic (exact) mass is 782 g/mol. The lowest BCUT2D eigenvalue weighted by molar-refractivity contribution is -0.151. The van der Waals surface area contributed by atoms with Crippen molar-refractivity contribution in [2.45, 2.75) is 54.1 Å². The van der Waals surface area contributed by atoms with E-state index < -0.39 is 46.8 Å². The Bertz CT molecular complexity index is 2130. The van der Waals surface area contributed by atoms with Crippen LogP contribution in [0.5, 0.6) is 34.5 Å². The van der Waals surface area contributed by atoms with Crippen LogP contribution in [0.15, 0.2) is 40.1 Å². The summed E-state index contributed by atoms with van der Waals surface area (Å²) in [4.78, 5) is 63.9. The Morgan fingerprint density at radius 2 is 1.23 bits per heavy atom. The molecule has 0 amide bonds. The molecule has 3 aromatic carbocycles. The number of aromatic carboxylic acids is 1. The molecule has 4 N–H and O–H groups in total. The maximum atomic E-state index is 13.5. The van der Waals surface area contributed by atoms with E-state index in [-0.39, 0.29) is 77.7 Å². The number of ketones is 1. The van der Waals surface area contributed by atoms with Gasteiger partial charge >= 0.3 is 23.9 Å². The van der Waals surface area contributed by atoms with Gasteiger partial charge in [0.2, 0.25) is 5.60 Å². The van der Waals surface area contributed by atoms with Crippen molar-refractivity contribution in [3.63, 3.8) is 0 Å². The van der Waals surface area contributed by atoms with Gasteiger partial charge in [0.05, 0.1) is 18.7 Å². The first kappa shape index (κ1) is 39.1. The summed E-state index contributed by atoms with van der Waals surface area (Å²) in [6.07, 6.45) is 1.99. The zero-order chi connectivity index (χ0) is 39.1. The van der Waals surface area contributed by atoms with E-state index in [1.807, 2.05) is 0 Å². The number of phenols is 2. The number of allylic oxidation sites excluding steroid dienone is 2. The highest BCUT2D eigenvalue weighted by atomic mass is 79.9. The number of carboxylic acid groups (broad SMARTS) is 1. The summed E-state index contributed by atoms with van der Waals surface area (Å²) >= 11 is 3.30. The number of hydrogen-bond donors (Lipinski definition) is 4. The van der Waals surface area contributed by atoms with Crippen molar-refractivity contribution in [1.29, 1.82) is 0 Å². The maximum absolute atomic E-state index is 13.5. The first-order valence-corrected chi connectivity index (χ1v) is 16.2. The summed E-state index contributed by atoms with van der Waals surface area (Å²) in [5, 5.41) is 43.1. The Balaban J connectivity index is 1.65. The van der Waals surface area contributed by atoms with E-state index >= 15 is 0 Å². The summed E-state index contributed by atoms with van der Waals surface area (Å²) in [5.41, 5.74) is -2.43. The van der Waals surface area contributed by atoms with Gasteiger partial charge in [-0.05, 0) is 104 Å². The SMILES string of the molecule is COC1=CC(=O)C=C(C)[C@]1(O)C(=O)Oc1c(C)c(O)c(C(=O)Oc2cc(C)c(C(=O)Oc3cc(OC)c(C(=O)O)c(C)c3C)c(O)c2C)c(C)c1Br. The Labute approximate surface area is 306 Å². The molecule has 0 aliphatic heterocycles. The van der Waals surface area contributed by atoms with Crippen molar-refractivity contribution in [2.24, 2.45) is 0 Å². The van der Waals surface area contributed by atoms with Gasteiger partial charge in [-0.1, -0.05) is 0 Å². The molecular formula is C37H35BrO14. The van der Waals surface area contributed by atoms with Crippen molar-refractivity contribution in [3.8, 4) is 34.5 Å². The van der Waals surface area contributed by atoms with Crippen LogP contribution < -0.4 is 18.9 Å². The first-order chi connectivity index (χ1) is 24.2. The number of benzene rings is 3. The number of aryl methyl sites for hydroxylation is 1. The molecule has 1 atom stereocenters. The van der Waals surface area contributed by atoms with Crippen LogP contribution in [0, 0.1) is 41.5 Å². The van der Waals surface area contributed by atoms with E-state index in [2.05, 4.69) is 15.9 Å². The van der Waals surface area contributed by atoms with Crippen molar-refractivity contribution >= 4 is 45.6 Å². The number of carbonyl (C=O) groups is 5. The van der Waals surface area contributed by atoms with E-state index in [0.29, 0.717) is 11.1 Å². The predicted molar refractivity (Wildman–Crippen MR) is 187 cm³/mol. The van der Waals surface area contributed by atoms with Crippen molar-refractivity contribution in [1.82, 2.24) is 0 Å². The number of phenolic OH excluding ortho intramolecular Hbond substituents is 2. The second-order valence-corrected chi connectivity index (χ2v) is 12.8. The van der Waals surface area contributed by atoms with Crippen LogP contribution in [0.1, 0.15) is 71.4 Å². The van der Waals surface area contributed by atoms with Crippen molar-refractivity contribution in [3.05, 3.63) is 90.2 Å². The van der Waals surface area contributed by atoms with Crippen LogP contribution in [0.25, 0.3) is 0 Å². The Morgan fingerprint density at radius 3 is 1.79 bits per heavy atom. The second-order valence-electron chi connectivity index (χ2n) is 12.0. The molecule has 0 fully saturated rings. The Hall–Kier alpha value is -5.67. The van der Waals surface area contributed by atoms with Gasteiger partial charge < -0.3 is 44.1 Å². The lowest BCUT2D eigenvalue weighted by Crippen LogP contribution is -2.47. The van der Waals surface area contributed by atoms with Gasteiger partial charge in [-0.2, -0.15) is 0 Å². The fraction of sp³-hybridized carbons (Fsp3) is 0.270. The predicted octanol–water partition coefficient (Wildman–Crippen LogP) is 5.55. The average molecular weight is 784 g/mol. The number of carbonyl (C=O) groups excluding carboxylic acids is 4. The van der Waals surface area contributed by atoms with Crippen molar-refractivity contribution < 1.29 is 68.1 Å². The van der Waals surface area contributed by atoms with Gasteiger partial charge in [0.15, 0.2) is 11.5 Å². The normalized spacial score (nSPS) is 15.3.